The van der Waals surface area contributed by atoms with E-state index in [9.17, 15) is 0 Å². The molecule has 1 aliphatic heterocycles. The van der Waals surface area contributed by atoms with Gasteiger partial charge < -0.3 is 15.0 Å². The number of nitrogens with one attached hydrogen (secondary N) is 1. The van der Waals surface area contributed by atoms with E-state index in [-0.39, 0.29) is 5.60 Å². The van der Waals surface area contributed by atoms with Crippen LogP contribution in [0.1, 0.15) is 38.7 Å². The van der Waals surface area contributed by atoms with E-state index >= 15 is 0 Å². The summed E-state index contributed by atoms with van der Waals surface area (Å²) in [6.45, 7) is 8.53. The number of benzene rings is 1. The van der Waals surface area contributed by atoms with Crippen molar-refractivity contribution in [1.29, 1.82) is 0 Å². The molecule has 1 aromatic rings. The molecule has 0 aromatic heterocycles. The minimum Gasteiger partial charge on any atom is -0.376 e. The molecule has 0 amide bonds. The summed E-state index contributed by atoms with van der Waals surface area (Å²) in [5.41, 5.74) is 1.28. The smallest absolute Gasteiger partial charge is 0.0629 e. The van der Waals surface area contributed by atoms with Crippen LogP contribution in [0.4, 0.5) is 0 Å². The van der Waals surface area contributed by atoms with Crippen LogP contribution in [0.2, 0.25) is 5.02 Å². The topological polar surface area (TPSA) is 24.5 Å². The SMILES string of the molecule is CN(C)CCNCC[C@@H](Cc1ccccc1Cl)[C@H]1CCOC(C)(C)C1. The van der Waals surface area contributed by atoms with Crippen LogP contribution in [0.15, 0.2) is 24.3 Å². The van der Waals surface area contributed by atoms with Crippen LogP contribution in [0.3, 0.4) is 0 Å². The first-order chi connectivity index (χ1) is 11.9. The molecule has 0 aliphatic carbocycles. The summed E-state index contributed by atoms with van der Waals surface area (Å²) in [6, 6.07) is 8.30. The Hall–Kier alpha value is -0.610. The Morgan fingerprint density at radius 3 is 2.72 bits per heavy atom. The summed E-state index contributed by atoms with van der Waals surface area (Å²) in [5, 5.41) is 4.50. The average molecular weight is 367 g/mol. The fraction of sp³-hybridized carbons (Fsp3) is 0.714. The second-order valence-corrected chi connectivity index (χ2v) is 8.67. The largest absolute Gasteiger partial charge is 0.376 e. The molecular weight excluding hydrogens is 332 g/mol. The lowest BCUT2D eigenvalue weighted by atomic mass is 9.75. The van der Waals surface area contributed by atoms with Gasteiger partial charge in [-0.05, 0) is 83.6 Å². The minimum atomic E-state index is 0.000000399. The molecule has 3 nitrogen and oxygen atoms in total. The summed E-state index contributed by atoms with van der Waals surface area (Å²) in [6.07, 6.45) is 4.56. The first kappa shape index (κ1) is 20.7. The van der Waals surface area contributed by atoms with Gasteiger partial charge in [0, 0.05) is 24.7 Å². The molecule has 1 aliphatic rings. The highest BCUT2D eigenvalue weighted by Gasteiger charge is 2.33. The molecule has 142 valence electrons. The molecule has 0 spiro atoms. The maximum Gasteiger partial charge on any atom is 0.0629 e. The Kier molecular flexibility index (Phi) is 8.21. The highest BCUT2D eigenvalue weighted by Crippen LogP contribution is 2.37. The maximum atomic E-state index is 6.44. The highest BCUT2D eigenvalue weighted by atomic mass is 35.5. The third kappa shape index (κ3) is 7.26. The Balaban J connectivity index is 1.97. The van der Waals surface area contributed by atoms with Crippen molar-refractivity contribution in [3.63, 3.8) is 0 Å². The molecule has 0 bridgehead atoms. The quantitative estimate of drug-likeness (QED) is 0.661. The monoisotopic (exact) mass is 366 g/mol. The van der Waals surface area contributed by atoms with Crippen LogP contribution < -0.4 is 5.32 Å². The zero-order valence-electron chi connectivity index (χ0n) is 16.4. The van der Waals surface area contributed by atoms with Gasteiger partial charge in [-0.1, -0.05) is 29.8 Å². The molecule has 2 rings (SSSR count). The van der Waals surface area contributed by atoms with Crippen LogP contribution in [0, 0.1) is 11.8 Å². The zero-order valence-corrected chi connectivity index (χ0v) is 17.1. The number of rotatable bonds is 9. The van der Waals surface area contributed by atoms with Gasteiger partial charge >= 0.3 is 0 Å². The predicted molar refractivity (Wildman–Crippen MR) is 107 cm³/mol. The Morgan fingerprint density at radius 2 is 2.04 bits per heavy atom. The fourth-order valence-corrected chi connectivity index (χ4v) is 4.06. The van der Waals surface area contributed by atoms with Crippen LogP contribution in [0.25, 0.3) is 0 Å². The summed E-state index contributed by atoms with van der Waals surface area (Å²) >= 11 is 6.44. The van der Waals surface area contributed by atoms with Gasteiger partial charge in [-0.3, -0.25) is 0 Å². The van der Waals surface area contributed by atoms with Crippen LogP contribution in [-0.2, 0) is 11.2 Å². The average Bonchev–Trinajstić information content (AvgIpc) is 2.54. The molecule has 0 saturated carbocycles. The van der Waals surface area contributed by atoms with Gasteiger partial charge in [0.1, 0.15) is 0 Å². The molecule has 1 heterocycles. The summed E-state index contributed by atoms with van der Waals surface area (Å²) < 4.78 is 5.94. The molecule has 1 saturated heterocycles. The van der Waals surface area contributed by atoms with Crippen molar-refractivity contribution >= 4 is 11.6 Å². The zero-order chi connectivity index (χ0) is 18.3. The maximum absolute atomic E-state index is 6.44. The molecule has 1 aromatic carbocycles. The standard InChI is InChI=1S/C21H35ClN2O/c1-21(2)16-19(10-14-25-21)17(9-11-23-12-13-24(3)4)15-18-7-5-6-8-20(18)22/h5-8,17,19,23H,9-16H2,1-4H3/t17-,19-/m0/s1. The number of ether oxygens (including phenoxy) is 1. The highest BCUT2D eigenvalue weighted by molar-refractivity contribution is 6.31. The van der Waals surface area contributed by atoms with E-state index in [2.05, 4.69) is 50.3 Å². The Labute approximate surface area is 159 Å². The molecule has 4 heteroatoms. The van der Waals surface area contributed by atoms with Crippen molar-refractivity contribution in [2.24, 2.45) is 11.8 Å². The number of halogens is 1. The van der Waals surface area contributed by atoms with Crippen molar-refractivity contribution in [2.75, 3.05) is 40.3 Å². The van der Waals surface area contributed by atoms with E-state index in [0.717, 1.165) is 50.5 Å². The lowest BCUT2D eigenvalue weighted by Gasteiger charge is -2.39. The summed E-state index contributed by atoms with van der Waals surface area (Å²) in [5.74, 6) is 1.35. The minimum absolute atomic E-state index is 0.000000399. The van der Waals surface area contributed by atoms with Gasteiger partial charge in [-0.15, -0.1) is 0 Å². The number of likely N-dealkylation sites (N-methyl/N-ethyl adjacent to an activating group) is 1. The van der Waals surface area contributed by atoms with Gasteiger partial charge in [-0.25, -0.2) is 0 Å². The van der Waals surface area contributed by atoms with Crippen LogP contribution in [-0.4, -0.2) is 50.8 Å². The molecule has 1 fully saturated rings. The number of nitrogens with zero attached hydrogens (tertiary/aromatic N) is 1. The third-order valence-corrected chi connectivity index (χ3v) is 5.64. The van der Waals surface area contributed by atoms with Crippen molar-refractivity contribution in [1.82, 2.24) is 10.2 Å². The lowest BCUT2D eigenvalue weighted by Crippen LogP contribution is -2.38. The summed E-state index contributed by atoms with van der Waals surface area (Å²) in [7, 11) is 4.23. The molecule has 0 radical (unpaired) electrons. The molecule has 1 N–H and O–H groups in total. The number of hydrogen-bond acceptors (Lipinski definition) is 3. The molecule has 25 heavy (non-hydrogen) atoms. The number of hydrogen-bond donors (Lipinski definition) is 1. The first-order valence-electron chi connectivity index (χ1n) is 9.60. The van der Waals surface area contributed by atoms with Gasteiger partial charge in [0.05, 0.1) is 5.60 Å². The van der Waals surface area contributed by atoms with E-state index in [1.54, 1.807) is 0 Å². The van der Waals surface area contributed by atoms with Crippen molar-refractivity contribution in [3.05, 3.63) is 34.9 Å². The van der Waals surface area contributed by atoms with Gasteiger partial charge in [0.2, 0.25) is 0 Å². The van der Waals surface area contributed by atoms with Crippen LogP contribution in [0.5, 0.6) is 0 Å². The lowest BCUT2D eigenvalue weighted by molar-refractivity contribution is -0.0830. The van der Waals surface area contributed by atoms with Crippen molar-refractivity contribution in [3.8, 4) is 0 Å². The van der Waals surface area contributed by atoms with Crippen molar-refractivity contribution in [2.45, 2.75) is 45.1 Å². The molecule has 0 unspecified atom stereocenters. The summed E-state index contributed by atoms with van der Waals surface area (Å²) in [4.78, 5) is 2.22. The van der Waals surface area contributed by atoms with Gasteiger partial charge in [-0.2, -0.15) is 0 Å². The Bertz CT molecular complexity index is 518. The van der Waals surface area contributed by atoms with E-state index in [4.69, 9.17) is 16.3 Å². The van der Waals surface area contributed by atoms with E-state index in [0.29, 0.717) is 11.8 Å². The van der Waals surface area contributed by atoms with Crippen LogP contribution >= 0.6 is 11.6 Å². The van der Waals surface area contributed by atoms with E-state index in [1.807, 2.05) is 12.1 Å². The predicted octanol–water partition coefficient (Wildman–Crippen LogP) is 4.25. The van der Waals surface area contributed by atoms with E-state index < -0.39 is 0 Å². The second-order valence-electron chi connectivity index (χ2n) is 8.26. The second kappa shape index (κ2) is 9.91. The van der Waals surface area contributed by atoms with Gasteiger partial charge in [0.15, 0.2) is 0 Å². The molecule has 2 atom stereocenters. The van der Waals surface area contributed by atoms with E-state index in [1.165, 1.54) is 12.0 Å². The van der Waals surface area contributed by atoms with Gasteiger partial charge in [0.25, 0.3) is 0 Å². The first-order valence-corrected chi connectivity index (χ1v) is 9.98. The van der Waals surface area contributed by atoms with Crippen molar-refractivity contribution < 1.29 is 4.74 Å². The Morgan fingerprint density at radius 1 is 1.28 bits per heavy atom. The normalized spacial score (nSPS) is 21.4. The third-order valence-electron chi connectivity index (χ3n) is 5.27. The molecular formula is C21H35ClN2O. The fourth-order valence-electron chi connectivity index (χ4n) is 3.85.